The van der Waals surface area contributed by atoms with Crippen molar-refractivity contribution in [3.8, 4) is 0 Å². The van der Waals surface area contributed by atoms with Gasteiger partial charge in [-0.05, 0) is 32.0 Å². The van der Waals surface area contributed by atoms with E-state index in [0.29, 0.717) is 5.56 Å². The first-order valence-electron chi connectivity index (χ1n) is 7.40. The minimum atomic E-state index is -0.240. The predicted octanol–water partition coefficient (Wildman–Crippen LogP) is 3.48. The highest BCUT2D eigenvalue weighted by Crippen LogP contribution is 2.43. The number of hydrogen-bond donors (Lipinski definition) is 1. The van der Waals surface area contributed by atoms with Crippen LogP contribution in [0.3, 0.4) is 0 Å². The molecule has 1 aromatic rings. The summed E-state index contributed by atoms with van der Waals surface area (Å²) in [4.78, 5) is 2.43. The van der Waals surface area contributed by atoms with E-state index in [1.165, 1.54) is 18.9 Å². The van der Waals surface area contributed by atoms with E-state index in [1.807, 2.05) is 12.1 Å². The monoisotopic (exact) mass is 264 g/mol. The van der Waals surface area contributed by atoms with Gasteiger partial charge in [-0.2, -0.15) is 0 Å². The van der Waals surface area contributed by atoms with Crippen LogP contribution in [0.15, 0.2) is 24.3 Å². The summed E-state index contributed by atoms with van der Waals surface area (Å²) in [5.74, 6) is -0.173. The Morgan fingerprint density at radius 1 is 1.21 bits per heavy atom. The van der Waals surface area contributed by atoms with Crippen molar-refractivity contribution in [2.45, 2.75) is 51.1 Å². The summed E-state index contributed by atoms with van der Waals surface area (Å²) in [5.41, 5.74) is 7.11. The number of rotatable bonds is 5. The molecule has 1 aliphatic carbocycles. The molecule has 2 nitrogen and oxygen atoms in total. The molecule has 19 heavy (non-hydrogen) atoms. The first-order valence-corrected chi connectivity index (χ1v) is 7.40. The summed E-state index contributed by atoms with van der Waals surface area (Å²) < 4.78 is 14.0. The summed E-state index contributed by atoms with van der Waals surface area (Å²) in [6.07, 6.45) is 4.53. The molecule has 0 aromatic heterocycles. The fourth-order valence-electron chi connectivity index (χ4n) is 3.68. The van der Waals surface area contributed by atoms with Gasteiger partial charge in [0.15, 0.2) is 0 Å². The van der Waals surface area contributed by atoms with E-state index >= 15 is 0 Å². The molecule has 1 aliphatic rings. The fourth-order valence-corrected chi connectivity index (χ4v) is 3.68. The molecule has 0 saturated heterocycles. The minimum Gasteiger partial charge on any atom is -0.322 e. The normalized spacial score (nSPS) is 19.8. The van der Waals surface area contributed by atoms with Crippen LogP contribution in [0.25, 0.3) is 0 Å². The van der Waals surface area contributed by atoms with Crippen LogP contribution in [-0.4, -0.2) is 23.5 Å². The van der Waals surface area contributed by atoms with E-state index < -0.39 is 0 Å². The Morgan fingerprint density at radius 3 is 2.32 bits per heavy atom. The van der Waals surface area contributed by atoms with Gasteiger partial charge in [0.25, 0.3) is 0 Å². The molecule has 1 saturated carbocycles. The second-order valence-corrected chi connectivity index (χ2v) is 5.48. The molecule has 0 aliphatic heterocycles. The maximum atomic E-state index is 14.0. The number of halogens is 1. The average molecular weight is 264 g/mol. The minimum absolute atomic E-state index is 0.0638. The molecule has 3 heteroatoms. The quantitative estimate of drug-likeness (QED) is 0.882. The van der Waals surface area contributed by atoms with Gasteiger partial charge in [-0.25, -0.2) is 4.39 Å². The Kier molecular flexibility index (Phi) is 4.58. The van der Waals surface area contributed by atoms with Gasteiger partial charge in [0.2, 0.25) is 0 Å². The van der Waals surface area contributed by atoms with Crippen molar-refractivity contribution in [2.75, 3.05) is 13.1 Å². The number of benzene rings is 1. The maximum absolute atomic E-state index is 14.0. The smallest absolute Gasteiger partial charge is 0.128 e. The number of likely N-dealkylation sites (N-methyl/N-ethyl adjacent to an activating group) is 1. The molecule has 0 bridgehead atoms. The van der Waals surface area contributed by atoms with Crippen molar-refractivity contribution in [1.82, 2.24) is 4.90 Å². The third-order valence-corrected chi connectivity index (χ3v) is 4.68. The van der Waals surface area contributed by atoms with Crippen molar-refractivity contribution in [3.05, 3.63) is 35.6 Å². The van der Waals surface area contributed by atoms with Crippen LogP contribution in [0.2, 0.25) is 0 Å². The number of hydrogen-bond acceptors (Lipinski definition) is 2. The first-order chi connectivity index (χ1) is 9.15. The lowest BCUT2D eigenvalue weighted by molar-refractivity contribution is 0.0758. The van der Waals surface area contributed by atoms with Crippen molar-refractivity contribution in [1.29, 1.82) is 0 Å². The van der Waals surface area contributed by atoms with Gasteiger partial charge in [-0.1, -0.05) is 44.9 Å². The van der Waals surface area contributed by atoms with E-state index in [-0.39, 0.29) is 17.4 Å². The lowest BCUT2D eigenvalue weighted by atomic mass is 9.82. The van der Waals surface area contributed by atoms with E-state index in [2.05, 4.69) is 18.7 Å². The molecule has 1 atom stereocenters. The molecule has 1 fully saturated rings. The van der Waals surface area contributed by atoms with Crippen LogP contribution in [0.5, 0.6) is 0 Å². The lowest BCUT2D eigenvalue weighted by Gasteiger charge is -2.45. The average Bonchev–Trinajstić information content (AvgIpc) is 2.90. The highest BCUT2D eigenvalue weighted by molar-refractivity contribution is 5.25. The fraction of sp³-hybridized carbons (Fsp3) is 0.625. The van der Waals surface area contributed by atoms with Crippen LogP contribution in [-0.2, 0) is 0 Å². The molecule has 1 unspecified atom stereocenters. The maximum Gasteiger partial charge on any atom is 0.128 e. The molecule has 0 amide bonds. The van der Waals surface area contributed by atoms with Gasteiger partial charge in [0.1, 0.15) is 5.82 Å². The molecule has 2 N–H and O–H groups in total. The van der Waals surface area contributed by atoms with Gasteiger partial charge in [0.05, 0.1) is 6.04 Å². The van der Waals surface area contributed by atoms with Crippen molar-refractivity contribution >= 4 is 0 Å². The zero-order chi connectivity index (χ0) is 13.9. The molecule has 0 spiro atoms. The summed E-state index contributed by atoms with van der Waals surface area (Å²) in [7, 11) is 0. The third-order valence-electron chi connectivity index (χ3n) is 4.68. The number of nitrogens with two attached hydrogens (primary N) is 1. The second kappa shape index (κ2) is 6.02. The molecule has 0 heterocycles. The molecule has 2 rings (SSSR count). The second-order valence-electron chi connectivity index (χ2n) is 5.48. The molecular formula is C16H25FN2. The highest BCUT2D eigenvalue weighted by atomic mass is 19.1. The van der Waals surface area contributed by atoms with Crippen LogP contribution in [0.4, 0.5) is 4.39 Å². The highest BCUT2D eigenvalue weighted by Gasteiger charge is 2.44. The van der Waals surface area contributed by atoms with Gasteiger partial charge in [0, 0.05) is 11.1 Å². The summed E-state index contributed by atoms with van der Waals surface area (Å²) in [6, 6.07) is 6.72. The summed E-state index contributed by atoms with van der Waals surface area (Å²) in [6.45, 7) is 6.27. The first kappa shape index (κ1) is 14.5. The van der Waals surface area contributed by atoms with Gasteiger partial charge in [-0.15, -0.1) is 0 Å². The molecule has 1 aromatic carbocycles. The Morgan fingerprint density at radius 2 is 1.79 bits per heavy atom. The van der Waals surface area contributed by atoms with Crippen molar-refractivity contribution in [3.63, 3.8) is 0 Å². The van der Waals surface area contributed by atoms with Crippen LogP contribution in [0.1, 0.15) is 51.1 Å². The van der Waals surface area contributed by atoms with Crippen molar-refractivity contribution < 1.29 is 4.39 Å². The molecule has 0 radical (unpaired) electrons. The summed E-state index contributed by atoms with van der Waals surface area (Å²) >= 11 is 0. The Balaban J connectivity index is 2.37. The summed E-state index contributed by atoms with van der Waals surface area (Å²) in [5, 5.41) is 0. The topological polar surface area (TPSA) is 29.3 Å². The zero-order valence-electron chi connectivity index (χ0n) is 12.0. The van der Waals surface area contributed by atoms with Crippen LogP contribution < -0.4 is 5.73 Å². The Labute approximate surface area is 115 Å². The Bertz CT molecular complexity index is 409. The Hall–Kier alpha value is -0.930. The zero-order valence-corrected chi connectivity index (χ0v) is 12.0. The van der Waals surface area contributed by atoms with E-state index in [1.54, 1.807) is 6.07 Å². The molecule has 106 valence electrons. The predicted molar refractivity (Wildman–Crippen MR) is 77.4 cm³/mol. The van der Waals surface area contributed by atoms with Crippen molar-refractivity contribution in [2.24, 2.45) is 5.73 Å². The van der Waals surface area contributed by atoms with E-state index in [0.717, 1.165) is 25.9 Å². The SMILES string of the molecule is CCN(CC)C1(C(N)c2ccccc2F)CCCC1. The lowest BCUT2D eigenvalue weighted by Crippen LogP contribution is -2.53. The van der Waals surface area contributed by atoms with Gasteiger partial charge < -0.3 is 5.73 Å². The van der Waals surface area contributed by atoms with Crippen LogP contribution >= 0.6 is 0 Å². The van der Waals surface area contributed by atoms with Gasteiger partial charge in [-0.3, -0.25) is 4.90 Å². The standard InChI is InChI=1S/C16H25FN2/c1-3-19(4-2)16(11-7-8-12-16)15(18)13-9-5-6-10-14(13)17/h5-6,9-10,15H,3-4,7-8,11-12,18H2,1-2H3. The van der Waals surface area contributed by atoms with E-state index in [9.17, 15) is 4.39 Å². The van der Waals surface area contributed by atoms with Crippen LogP contribution in [0, 0.1) is 5.82 Å². The van der Waals surface area contributed by atoms with E-state index in [4.69, 9.17) is 5.73 Å². The largest absolute Gasteiger partial charge is 0.322 e. The van der Waals surface area contributed by atoms with Gasteiger partial charge >= 0.3 is 0 Å². The molecular weight excluding hydrogens is 239 g/mol. The third kappa shape index (κ3) is 2.54. The number of nitrogens with zero attached hydrogens (tertiary/aromatic N) is 1.